The van der Waals surface area contributed by atoms with Crippen LogP contribution in [0.5, 0.6) is 0 Å². The molecule has 3 heterocycles. The molecule has 2 fully saturated rings. The van der Waals surface area contributed by atoms with Crippen molar-refractivity contribution < 1.29 is 18.0 Å². The monoisotopic (exact) mass is 448 g/mol. The largest absolute Gasteiger partial charge is 0.416 e. The number of halogens is 3. The summed E-state index contributed by atoms with van der Waals surface area (Å²) in [5, 5.41) is 0. The topological polar surface area (TPSA) is 55.8 Å². The Morgan fingerprint density at radius 1 is 0.844 bits per heavy atom. The van der Waals surface area contributed by atoms with E-state index < -0.39 is 11.7 Å². The molecule has 2 aliphatic heterocycles. The van der Waals surface area contributed by atoms with Gasteiger partial charge in [-0.3, -0.25) is 4.79 Å². The van der Waals surface area contributed by atoms with Crippen molar-refractivity contribution in [2.24, 2.45) is 0 Å². The molecule has 1 amide bonds. The molecular formula is C22H27F3N6O. The first-order valence-electron chi connectivity index (χ1n) is 10.7. The van der Waals surface area contributed by atoms with Crippen LogP contribution in [0.1, 0.15) is 21.7 Å². The van der Waals surface area contributed by atoms with Crippen LogP contribution >= 0.6 is 0 Å². The molecule has 0 unspecified atom stereocenters. The molecule has 10 heteroatoms. The van der Waals surface area contributed by atoms with Gasteiger partial charge in [0.1, 0.15) is 17.5 Å². The Labute approximate surface area is 185 Å². The Balaban J connectivity index is 1.40. The predicted octanol–water partition coefficient (Wildman–Crippen LogP) is 2.52. The fourth-order valence-electron chi connectivity index (χ4n) is 4.02. The Morgan fingerprint density at radius 3 is 1.84 bits per heavy atom. The van der Waals surface area contributed by atoms with E-state index >= 15 is 0 Å². The van der Waals surface area contributed by atoms with Gasteiger partial charge in [-0.05, 0) is 38.2 Å². The quantitative estimate of drug-likeness (QED) is 0.720. The minimum absolute atomic E-state index is 0.254. The van der Waals surface area contributed by atoms with E-state index in [1.807, 2.05) is 13.0 Å². The smallest absolute Gasteiger partial charge is 0.354 e. The van der Waals surface area contributed by atoms with Gasteiger partial charge in [-0.2, -0.15) is 13.2 Å². The van der Waals surface area contributed by atoms with Crippen LogP contribution in [0.25, 0.3) is 0 Å². The molecule has 7 nitrogen and oxygen atoms in total. The maximum atomic E-state index is 12.8. The lowest BCUT2D eigenvalue weighted by molar-refractivity contribution is -0.137. The molecule has 1 aromatic heterocycles. The molecule has 32 heavy (non-hydrogen) atoms. The van der Waals surface area contributed by atoms with E-state index in [4.69, 9.17) is 0 Å². The highest BCUT2D eigenvalue weighted by Crippen LogP contribution is 2.29. The first-order chi connectivity index (χ1) is 15.2. The molecule has 4 rings (SSSR count). The third kappa shape index (κ3) is 4.95. The number of alkyl halides is 3. The van der Waals surface area contributed by atoms with Crippen molar-refractivity contribution in [2.45, 2.75) is 13.1 Å². The molecule has 0 N–H and O–H groups in total. The molecule has 2 saturated heterocycles. The molecule has 1 aromatic carbocycles. The SMILES string of the molecule is Cc1nc(N2CCN(C)CC2)cc(N2CCN(C(=O)c3ccc(C(F)(F)F)cc3)CC2)n1. The summed E-state index contributed by atoms with van der Waals surface area (Å²) in [7, 11) is 2.11. The lowest BCUT2D eigenvalue weighted by Gasteiger charge is -2.37. The number of aryl methyl sites for hydroxylation is 1. The average Bonchev–Trinajstić information content (AvgIpc) is 2.78. The van der Waals surface area contributed by atoms with Gasteiger partial charge in [0.2, 0.25) is 0 Å². The van der Waals surface area contributed by atoms with Crippen molar-refractivity contribution in [1.82, 2.24) is 19.8 Å². The second kappa shape index (κ2) is 8.93. The van der Waals surface area contributed by atoms with Crippen LogP contribution in [0.3, 0.4) is 0 Å². The third-order valence-corrected chi connectivity index (χ3v) is 5.99. The van der Waals surface area contributed by atoms with Crippen LogP contribution in [0.2, 0.25) is 0 Å². The summed E-state index contributed by atoms with van der Waals surface area (Å²) in [5.41, 5.74) is -0.490. The van der Waals surface area contributed by atoms with E-state index in [0.717, 1.165) is 49.9 Å². The number of benzene rings is 1. The predicted molar refractivity (Wildman–Crippen MR) is 116 cm³/mol. The summed E-state index contributed by atoms with van der Waals surface area (Å²) < 4.78 is 38.3. The fourth-order valence-corrected chi connectivity index (χ4v) is 4.02. The van der Waals surface area contributed by atoms with E-state index in [2.05, 4.69) is 31.7 Å². The van der Waals surface area contributed by atoms with E-state index in [1.165, 1.54) is 12.1 Å². The number of amides is 1. The molecule has 172 valence electrons. The number of carbonyl (C=O) groups excluding carboxylic acids is 1. The number of rotatable bonds is 3. The summed E-state index contributed by atoms with van der Waals surface area (Å²) in [6.45, 7) is 7.86. The molecular weight excluding hydrogens is 421 g/mol. The van der Waals surface area contributed by atoms with Gasteiger partial charge in [0.15, 0.2) is 0 Å². The second-order valence-corrected chi connectivity index (χ2v) is 8.28. The molecule has 0 bridgehead atoms. The molecule has 0 radical (unpaired) electrons. The van der Waals surface area contributed by atoms with Gasteiger partial charge < -0.3 is 19.6 Å². The molecule has 2 aliphatic rings. The number of hydrogen-bond acceptors (Lipinski definition) is 6. The van der Waals surface area contributed by atoms with Gasteiger partial charge in [-0.1, -0.05) is 0 Å². The highest BCUT2D eigenvalue weighted by molar-refractivity contribution is 5.94. The molecule has 0 atom stereocenters. The summed E-state index contributed by atoms with van der Waals surface area (Å²) in [6.07, 6.45) is -4.41. The Kier molecular flexibility index (Phi) is 6.23. The summed E-state index contributed by atoms with van der Waals surface area (Å²) in [4.78, 5) is 30.3. The molecule has 0 saturated carbocycles. The zero-order chi connectivity index (χ0) is 22.9. The summed E-state index contributed by atoms with van der Waals surface area (Å²) >= 11 is 0. The van der Waals surface area contributed by atoms with Crippen molar-refractivity contribution in [3.63, 3.8) is 0 Å². The van der Waals surface area contributed by atoms with Crippen molar-refractivity contribution in [3.8, 4) is 0 Å². The highest BCUT2D eigenvalue weighted by Gasteiger charge is 2.31. The van der Waals surface area contributed by atoms with Crippen molar-refractivity contribution in [3.05, 3.63) is 47.3 Å². The maximum absolute atomic E-state index is 12.8. The highest BCUT2D eigenvalue weighted by atomic mass is 19.4. The van der Waals surface area contributed by atoms with Crippen LogP contribution in [0.4, 0.5) is 24.8 Å². The third-order valence-electron chi connectivity index (χ3n) is 5.99. The van der Waals surface area contributed by atoms with E-state index in [9.17, 15) is 18.0 Å². The van der Waals surface area contributed by atoms with Gasteiger partial charge in [0.25, 0.3) is 5.91 Å². The Hall–Kier alpha value is -2.88. The normalized spacial score (nSPS) is 18.2. The van der Waals surface area contributed by atoms with Crippen LogP contribution < -0.4 is 9.80 Å². The zero-order valence-corrected chi connectivity index (χ0v) is 18.3. The number of carbonyl (C=O) groups is 1. The lowest BCUT2D eigenvalue weighted by Crippen LogP contribution is -2.49. The Bertz CT molecular complexity index is 949. The molecule has 0 aliphatic carbocycles. The van der Waals surface area contributed by atoms with Gasteiger partial charge >= 0.3 is 6.18 Å². The minimum atomic E-state index is -4.41. The van der Waals surface area contributed by atoms with Crippen molar-refractivity contribution in [2.75, 3.05) is 69.2 Å². The van der Waals surface area contributed by atoms with Gasteiger partial charge in [0.05, 0.1) is 5.56 Å². The van der Waals surface area contributed by atoms with Gasteiger partial charge in [0, 0.05) is 64.0 Å². The summed E-state index contributed by atoms with van der Waals surface area (Å²) in [6, 6.07) is 6.40. The maximum Gasteiger partial charge on any atom is 0.416 e. The molecule has 0 spiro atoms. The average molecular weight is 448 g/mol. The molecule has 2 aromatic rings. The van der Waals surface area contributed by atoms with Gasteiger partial charge in [-0.25, -0.2) is 9.97 Å². The minimum Gasteiger partial charge on any atom is -0.354 e. The number of anilines is 2. The summed E-state index contributed by atoms with van der Waals surface area (Å²) in [5.74, 6) is 2.21. The van der Waals surface area contributed by atoms with Crippen LogP contribution in [0.15, 0.2) is 30.3 Å². The van der Waals surface area contributed by atoms with E-state index in [1.54, 1.807) is 4.90 Å². The second-order valence-electron chi connectivity index (χ2n) is 8.28. The van der Waals surface area contributed by atoms with E-state index in [-0.39, 0.29) is 11.5 Å². The number of aromatic nitrogens is 2. The fraction of sp³-hybridized carbons (Fsp3) is 0.500. The standard InChI is InChI=1S/C22H27F3N6O/c1-16-26-19(29-9-7-28(2)8-10-29)15-20(27-16)30-11-13-31(14-12-30)21(32)17-3-5-18(6-4-17)22(23,24)25/h3-6,15H,7-14H2,1-2H3. The van der Waals surface area contributed by atoms with Crippen molar-refractivity contribution in [1.29, 1.82) is 0 Å². The van der Waals surface area contributed by atoms with Crippen molar-refractivity contribution >= 4 is 17.5 Å². The lowest BCUT2D eigenvalue weighted by atomic mass is 10.1. The Morgan fingerprint density at radius 2 is 1.34 bits per heavy atom. The van der Waals surface area contributed by atoms with Crippen LogP contribution in [-0.4, -0.2) is 85.1 Å². The number of hydrogen-bond donors (Lipinski definition) is 0. The number of piperazine rings is 2. The zero-order valence-electron chi connectivity index (χ0n) is 18.3. The number of likely N-dealkylation sites (N-methyl/N-ethyl adjacent to an activating group) is 1. The number of nitrogens with zero attached hydrogens (tertiary/aromatic N) is 6. The first kappa shape index (κ1) is 22.3. The van der Waals surface area contributed by atoms with Crippen LogP contribution in [-0.2, 0) is 6.18 Å². The van der Waals surface area contributed by atoms with Gasteiger partial charge in [-0.15, -0.1) is 0 Å². The van der Waals surface area contributed by atoms with Crippen LogP contribution in [0, 0.1) is 6.92 Å². The first-order valence-corrected chi connectivity index (χ1v) is 10.7. The van der Waals surface area contributed by atoms with E-state index in [0.29, 0.717) is 32.0 Å².